The Bertz CT molecular complexity index is 795. The fraction of sp³-hybridized carbons (Fsp3) is 0.913. The van der Waals surface area contributed by atoms with E-state index < -0.39 is 104 Å². The lowest BCUT2D eigenvalue weighted by molar-refractivity contribution is -0.323. The molecule has 1 aliphatic carbocycles. The molecule has 0 radical (unpaired) electrons. The van der Waals surface area contributed by atoms with Gasteiger partial charge >= 0.3 is 11.9 Å². The predicted octanol–water partition coefficient (Wildman–Crippen LogP) is -4.20. The molecule has 7 N–H and O–H groups in total. The largest absolute Gasteiger partial charge is 0.469 e. The van der Waals surface area contributed by atoms with Crippen LogP contribution in [0.4, 0.5) is 0 Å². The van der Waals surface area contributed by atoms with Crippen LogP contribution in [0.2, 0.25) is 0 Å². The predicted molar refractivity (Wildman–Crippen MR) is 121 cm³/mol. The Hall–Kier alpha value is -1.50. The van der Waals surface area contributed by atoms with Crippen molar-refractivity contribution in [1.82, 2.24) is 0 Å². The van der Waals surface area contributed by atoms with Gasteiger partial charge in [-0.3, -0.25) is 9.59 Å². The van der Waals surface area contributed by atoms with Gasteiger partial charge in [0, 0.05) is 0 Å². The van der Waals surface area contributed by atoms with Crippen molar-refractivity contribution in [3.8, 4) is 0 Å². The number of aliphatic hydroxyl groups excluding tert-OH is 7. The van der Waals surface area contributed by atoms with Crippen molar-refractivity contribution < 1.29 is 73.8 Å². The Morgan fingerprint density at radius 1 is 0.737 bits per heavy atom. The molecule has 3 fully saturated rings. The number of carbonyl (C=O) groups excluding carboxylic acids is 2. The lowest BCUT2D eigenvalue weighted by Gasteiger charge is -2.45. The van der Waals surface area contributed by atoms with Crippen molar-refractivity contribution in [2.24, 2.45) is 11.8 Å². The first-order valence-corrected chi connectivity index (χ1v) is 12.4. The molecular formula is C23H38O15. The van der Waals surface area contributed by atoms with Gasteiger partial charge in [-0.1, -0.05) is 0 Å². The molecule has 3 rings (SSSR count). The molecule has 0 aromatic carbocycles. The number of carbonyl (C=O) groups is 2. The molecule has 220 valence electrons. The maximum atomic E-state index is 12.5. The highest BCUT2D eigenvalue weighted by molar-refractivity contribution is 5.82. The van der Waals surface area contributed by atoms with Crippen LogP contribution < -0.4 is 0 Å². The smallest absolute Gasteiger partial charge is 0.309 e. The molecule has 38 heavy (non-hydrogen) atoms. The van der Waals surface area contributed by atoms with Crippen LogP contribution in [0.1, 0.15) is 19.8 Å². The molecule has 14 atom stereocenters. The molecule has 0 aromatic heterocycles. The summed E-state index contributed by atoms with van der Waals surface area (Å²) < 4.78 is 32.5. The van der Waals surface area contributed by atoms with Gasteiger partial charge in [0.25, 0.3) is 0 Å². The third-order valence-corrected chi connectivity index (χ3v) is 7.46. The Kier molecular flexibility index (Phi) is 10.8. The first kappa shape index (κ1) is 31.0. The van der Waals surface area contributed by atoms with Gasteiger partial charge in [-0.05, 0) is 19.8 Å². The van der Waals surface area contributed by atoms with Crippen molar-refractivity contribution in [2.75, 3.05) is 27.4 Å². The Morgan fingerprint density at radius 2 is 1.26 bits per heavy atom. The molecule has 0 aromatic rings. The highest BCUT2D eigenvalue weighted by atomic mass is 16.7. The molecule has 14 unspecified atom stereocenters. The van der Waals surface area contributed by atoms with E-state index in [1.165, 1.54) is 6.92 Å². The third kappa shape index (κ3) is 6.45. The van der Waals surface area contributed by atoms with Gasteiger partial charge < -0.3 is 64.2 Å². The topological polar surface area (TPSA) is 231 Å². The number of esters is 2. The second-order valence-electron chi connectivity index (χ2n) is 9.83. The van der Waals surface area contributed by atoms with Crippen molar-refractivity contribution >= 4 is 11.9 Å². The summed E-state index contributed by atoms with van der Waals surface area (Å²) in [5.41, 5.74) is 0. The monoisotopic (exact) mass is 554 g/mol. The lowest BCUT2D eigenvalue weighted by atomic mass is 9.76. The summed E-state index contributed by atoms with van der Waals surface area (Å²) in [4.78, 5) is 25.1. The molecule has 2 aliphatic heterocycles. The minimum absolute atomic E-state index is 0.127. The molecule has 15 nitrogen and oxygen atoms in total. The average Bonchev–Trinajstić information content (AvgIpc) is 2.92. The number of hydrogen-bond acceptors (Lipinski definition) is 15. The number of aliphatic hydroxyl groups is 7. The zero-order valence-electron chi connectivity index (χ0n) is 21.3. The summed E-state index contributed by atoms with van der Waals surface area (Å²) in [6.07, 6.45) is -16.4. The zero-order chi connectivity index (χ0) is 28.3. The van der Waals surface area contributed by atoms with Gasteiger partial charge in [0.2, 0.25) is 0 Å². The van der Waals surface area contributed by atoms with Gasteiger partial charge in [-0.25, -0.2) is 0 Å². The van der Waals surface area contributed by atoms with E-state index in [2.05, 4.69) is 0 Å². The van der Waals surface area contributed by atoms with Crippen LogP contribution in [0.3, 0.4) is 0 Å². The quantitative estimate of drug-likeness (QED) is 0.141. The summed E-state index contributed by atoms with van der Waals surface area (Å²) in [5.74, 6) is -3.47. The van der Waals surface area contributed by atoms with E-state index in [0.29, 0.717) is 0 Å². The number of methoxy groups -OCH3 is 2. The number of rotatable bonds is 8. The van der Waals surface area contributed by atoms with Gasteiger partial charge in [0.1, 0.15) is 48.8 Å². The maximum absolute atomic E-state index is 12.5. The molecule has 0 amide bonds. The van der Waals surface area contributed by atoms with Crippen molar-refractivity contribution in [3.05, 3.63) is 0 Å². The van der Waals surface area contributed by atoms with Crippen LogP contribution in [0, 0.1) is 11.8 Å². The van der Waals surface area contributed by atoms with E-state index in [1.54, 1.807) is 0 Å². The minimum atomic E-state index is -1.73. The summed E-state index contributed by atoms with van der Waals surface area (Å²) in [6, 6.07) is 0. The van der Waals surface area contributed by atoms with Gasteiger partial charge in [0.15, 0.2) is 6.29 Å². The number of hydrogen-bond donors (Lipinski definition) is 7. The van der Waals surface area contributed by atoms with Crippen LogP contribution in [0.15, 0.2) is 0 Å². The van der Waals surface area contributed by atoms with Crippen LogP contribution in [0.25, 0.3) is 0 Å². The van der Waals surface area contributed by atoms with Crippen LogP contribution >= 0.6 is 0 Å². The van der Waals surface area contributed by atoms with E-state index in [1.807, 2.05) is 0 Å². The van der Waals surface area contributed by atoms with E-state index in [9.17, 15) is 45.3 Å². The Morgan fingerprint density at radius 3 is 1.82 bits per heavy atom. The highest BCUT2D eigenvalue weighted by Crippen LogP contribution is 2.37. The van der Waals surface area contributed by atoms with E-state index in [4.69, 9.17) is 28.4 Å². The van der Waals surface area contributed by atoms with Gasteiger partial charge in [-0.15, -0.1) is 0 Å². The minimum Gasteiger partial charge on any atom is -0.469 e. The third-order valence-electron chi connectivity index (χ3n) is 7.46. The summed E-state index contributed by atoms with van der Waals surface area (Å²) in [5, 5.41) is 70.5. The van der Waals surface area contributed by atoms with Crippen molar-refractivity contribution in [2.45, 2.75) is 93.2 Å². The second kappa shape index (κ2) is 13.2. The molecule has 2 heterocycles. The SMILES string of the molecule is COC(=O)C1CC(OCC2OC(C)C(O)C(O)C2O)C(OC2OC(CO)C(O)C(O)C2O)CC1C(=O)OC. The molecule has 2 saturated heterocycles. The average molecular weight is 555 g/mol. The normalized spacial score (nSPS) is 45.8. The van der Waals surface area contributed by atoms with Crippen LogP contribution in [-0.4, -0.2) is 149 Å². The standard InChI is InChI=1S/C23H38O15/c1-8-15(25)18(28)17(27)14(36-8)7-35-11-4-9(21(31)33-2)10(22(32)34-3)5-12(11)37-23-20(30)19(29)16(26)13(6-24)38-23/h8-20,23-30H,4-7H2,1-3H3. The lowest BCUT2D eigenvalue weighted by Crippen LogP contribution is -2.61. The summed E-state index contributed by atoms with van der Waals surface area (Å²) >= 11 is 0. The van der Waals surface area contributed by atoms with Crippen molar-refractivity contribution in [1.29, 1.82) is 0 Å². The molecule has 3 aliphatic rings. The van der Waals surface area contributed by atoms with Crippen molar-refractivity contribution in [3.63, 3.8) is 0 Å². The maximum Gasteiger partial charge on any atom is 0.309 e. The molecule has 1 saturated carbocycles. The molecule has 0 spiro atoms. The Balaban J connectivity index is 1.82. The van der Waals surface area contributed by atoms with E-state index >= 15 is 0 Å². The molecule has 15 heteroatoms. The van der Waals surface area contributed by atoms with Gasteiger partial charge in [-0.2, -0.15) is 0 Å². The first-order valence-electron chi connectivity index (χ1n) is 12.4. The summed E-state index contributed by atoms with van der Waals surface area (Å²) in [6.45, 7) is 0.506. The van der Waals surface area contributed by atoms with E-state index in [-0.39, 0.29) is 19.4 Å². The fourth-order valence-electron chi connectivity index (χ4n) is 5.12. The zero-order valence-corrected chi connectivity index (χ0v) is 21.3. The van der Waals surface area contributed by atoms with Crippen LogP contribution in [-0.2, 0) is 38.0 Å². The molecular weight excluding hydrogens is 516 g/mol. The van der Waals surface area contributed by atoms with E-state index in [0.717, 1.165) is 14.2 Å². The van der Waals surface area contributed by atoms with Gasteiger partial charge in [0.05, 0.1) is 57.6 Å². The number of ether oxygens (including phenoxy) is 6. The Labute approximate surface area is 218 Å². The van der Waals surface area contributed by atoms with Crippen LogP contribution in [0.5, 0.6) is 0 Å². The molecule has 0 bridgehead atoms. The first-order chi connectivity index (χ1) is 17.9. The highest BCUT2D eigenvalue weighted by Gasteiger charge is 2.51. The fourth-order valence-corrected chi connectivity index (χ4v) is 5.12. The second-order valence-corrected chi connectivity index (χ2v) is 9.83. The summed E-state index contributed by atoms with van der Waals surface area (Å²) in [7, 11) is 2.30.